The number of aliphatic hydroxyl groups is 1. The molecule has 0 amide bonds. The van der Waals surface area contributed by atoms with E-state index in [9.17, 15) is 23.4 Å². The molecule has 0 radical (unpaired) electrons. The molecule has 9 heteroatoms. The van der Waals surface area contributed by atoms with Crippen LogP contribution in [-0.4, -0.2) is 74.2 Å². The minimum absolute atomic E-state index is 0.0481. The van der Waals surface area contributed by atoms with Crippen LogP contribution >= 0.6 is 0 Å². The van der Waals surface area contributed by atoms with Gasteiger partial charge in [-0.3, -0.25) is 9.58 Å². The molecule has 6 nitrogen and oxygen atoms in total. The summed E-state index contributed by atoms with van der Waals surface area (Å²) in [5.41, 5.74) is 0.304. The fourth-order valence-electron chi connectivity index (χ4n) is 7.29. The number of benzene rings is 1. The lowest BCUT2D eigenvalue weighted by Crippen LogP contribution is -2.71. The lowest BCUT2D eigenvalue weighted by molar-refractivity contribution is -0.149. The summed E-state index contributed by atoms with van der Waals surface area (Å²) >= 11 is 0. The van der Waals surface area contributed by atoms with E-state index in [0.29, 0.717) is 26.1 Å². The van der Waals surface area contributed by atoms with Crippen LogP contribution in [-0.2, 0) is 24.6 Å². The summed E-state index contributed by atoms with van der Waals surface area (Å²) in [6.45, 7) is 5.82. The van der Waals surface area contributed by atoms with E-state index in [1.807, 2.05) is 12.1 Å². The van der Waals surface area contributed by atoms with Gasteiger partial charge in [0.15, 0.2) is 5.69 Å². The number of aromatic nitrogens is 2. The Kier molecular flexibility index (Phi) is 5.70. The molecule has 3 unspecified atom stereocenters. The second-order valence-corrected chi connectivity index (χ2v) is 11.5. The number of phenolic OH excluding ortho intramolecular Hbond substituents is 1. The molecular weight excluding hydrogens is 469 g/mol. The number of rotatable bonds is 5. The molecule has 3 fully saturated rings. The number of fused-ring (bicyclic) bond motifs is 1. The van der Waals surface area contributed by atoms with Gasteiger partial charge in [0.25, 0.3) is 0 Å². The molecule has 1 aromatic carbocycles. The SMILES string of the molecule is Cc1cn(CCN2CCC34CCN(CC5CC5)C(Cc5ccc(O)cc53)C4(O)CC2)nc1C(F)(F)F. The highest BCUT2D eigenvalue weighted by Crippen LogP contribution is 2.56. The molecule has 2 saturated heterocycles. The molecule has 1 saturated carbocycles. The Hall–Kier alpha value is -2.10. The van der Waals surface area contributed by atoms with Crippen molar-refractivity contribution in [2.75, 3.05) is 32.7 Å². The van der Waals surface area contributed by atoms with Gasteiger partial charge in [0, 0.05) is 37.3 Å². The van der Waals surface area contributed by atoms with Crippen LogP contribution in [0.15, 0.2) is 24.4 Å². The fourth-order valence-corrected chi connectivity index (χ4v) is 7.29. The van der Waals surface area contributed by atoms with Crippen molar-refractivity contribution >= 4 is 0 Å². The number of phenols is 1. The molecule has 196 valence electrons. The van der Waals surface area contributed by atoms with Crippen molar-refractivity contribution in [2.24, 2.45) is 5.92 Å². The van der Waals surface area contributed by atoms with Gasteiger partial charge in [-0.1, -0.05) is 6.07 Å². The second-order valence-electron chi connectivity index (χ2n) is 11.5. The molecule has 0 spiro atoms. The third-order valence-corrected chi connectivity index (χ3v) is 9.38. The molecule has 3 heterocycles. The number of hydrogen-bond donors (Lipinski definition) is 2. The minimum Gasteiger partial charge on any atom is -0.508 e. The predicted molar refractivity (Wildman–Crippen MR) is 129 cm³/mol. The zero-order valence-corrected chi connectivity index (χ0v) is 20.8. The molecule has 3 atom stereocenters. The first kappa shape index (κ1) is 24.2. The van der Waals surface area contributed by atoms with Crippen LogP contribution in [0.4, 0.5) is 13.2 Å². The van der Waals surface area contributed by atoms with E-state index in [2.05, 4.69) is 14.9 Å². The average Bonchev–Trinajstić information content (AvgIpc) is 3.57. The van der Waals surface area contributed by atoms with Crippen molar-refractivity contribution in [3.63, 3.8) is 0 Å². The van der Waals surface area contributed by atoms with Crippen LogP contribution in [0.3, 0.4) is 0 Å². The number of piperidine rings is 1. The van der Waals surface area contributed by atoms with Crippen molar-refractivity contribution in [3.8, 4) is 5.75 Å². The maximum atomic E-state index is 13.2. The molecule has 2 aliphatic carbocycles. The summed E-state index contributed by atoms with van der Waals surface area (Å²) in [5.74, 6) is 0.976. The molecule has 2 aliphatic heterocycles. The van der Waals surface area contributed by atoms with Crippen LogP contribution in [0.1, 0.15) is 54.5 Å². The Morgan fingerprint density at radius 2 is 1.83 bits per heavy atom. The van der Waals surface area contributed by atoms with Crippen molar-refractivity contribution < 1.29 is 23.4 Å². The number of halogens is 3. The van der Waals surface area contributed by atoms with Gasteiger partial charge in [0.2, 0.25) is 0 Å². The number of likely N-dealkylation sites (tertiary alicyclic amines) is 2. The van der Waals surface area contributed by atoms with Crippen molar-refractivity contribution in [1.82, 2.24) is 19.6 Å². The highest BCUT2D eigenvalue weighted by Gasteiger charge is 2.63. The zero-order chi connectivity index (χ0) is 25.3. The molecule has 1 aromatic heterocycles. The number of aryl methyl sites for hydroxylation is 1. The van der Waals surface area contributed by atoms with E-state index < -0.39 is 22.9 Å². The van der Waals surface area contributed by atoms with Gasteiger partial charge in [-0.15, -0.1) is 0 Å². The lowest BCUT2D eigenvalue weighted by Gasteiger charge is -2.61. The molecule has 2 N–H and O–H groups in total. The van der Waals surface area contributed by atoms with Gasteiger partial charge >= 0.3 is 6.18 Å². The summed E-state index contributed by atoms with van der Waals surface area (Å²) in [5, 5.41) is 26.7. The van der Waals surface area contributed by atoms with Gasteiger partial charge in [-0.2, -0.15) is 18.3 Å². The number of alkyl halides is 3. The van der Waals surface area contributed by atoms with E-state index >= 15 is 0 Å². The Morgan fingerprint density at radius 1 is 1.08 bits per heavy atom. The van der Waals surface area contributed by atoms with Crippen molar-refractivity contribution in [1.29, 1.82) is 0 Å². The molecule has 36 heavy (non-hydrogen) atoms. The van der Waals surface area contributed by atoms with Gasteiger partial charge in [0.1, 0.15) is 5.75 Å². The Labute approximate surface area is 209 Å². The molecule has 6 rings (SSSR count). The van der Waals surface area contributed by atoms with Crippen LogP contribution in [0.5, 0.6) is 5.75 Å². The quantitative estimate of drug-likeness (QED) is 0.650. The molecule has 4 aliphatic rings. The summed E-state index contributed by atoms with van der Waals surface area (Å²) < 4.78 is 40.9. The van der Waals surface area contributed by atoms with E-state index in [1.165, 1.54) is 36.2 Å². The normalized spacial score (nSPS) is 31.1. The standard InChI is InChI=1S/C27H35F3N4O2/c1-18-16-34(31-24(18)27(28,29)30)13-12-32-9-6-25-7-11-33(17-19-2-3-19)23(26(25,36)8-10-32)14-20-4-5-21(35)15-22(20)25/h4-5,15-16,19,23,35-36H,2-3,6-14,17H2,1H3. The first-order chi connectivity index (χ1) is 17.1. The number of hydrogen-bond acceptors (Lipinski definition) is 5. The van der Waals surface area contributed by atoms with Crippen molar-refractivity contribution in [2.45, 2.75) is 75.2 Å². The summed E-state index contributed by atoms with van der Waals surface area (Å²) in [6.07, 6.45) is 2.58. The summed E-state index contributed by atoms with van der Waals surface area (Å²) in [6, 6.07) is 5.70. The predicted octanol–water partition coefficient (Wildman–Crippen LogP) is 3.72. The first-order valence-corrected chi connectivity index (χ1v) is 13.2. The van der Waals surface area contributed by atoms with E-state index in [0.717, 1.165) is 50.4 Å². The van der Waals surface area contributed by atoms with E-state index in [4.69, 9.17) is 0 Å². The van der Waals surface area contributed by atoms with Crippen LogP contribution in [0.25, 0.3) is 0 Å². The number of aromatic hydroxyl groups is 1. The van der Waals surface area contributed by atoms with E-state index in [-0.39, 0.29) is 17.4 Å². The largest absolute Gasteiger partial charge is 0.508 e. The molecular formula is C27H35F3N4O2. The van der Waals surface area contributed by atoms with Gasteiger partial charge < -0.3 is 15.1 Å². The number of nitrogens with zero attached hydrogens (tertiary/aromatic N) is 4. The third kappa shape index (κ3) is 3.94. The summed E-state index contributed by atoms with van der Waals surface area (Å²) in [4.78, 5) is 4.78. The second kappa shape index (κ2) is 8.46. The van der Waals surface area contributed by atoms with Crippen LogP contribution in [0.2, 0.25) is 0 Å². The third-order valence-electron chi connectivity index (χ3n) is 9.38. The minimum atomic E-state index is -4.45. The first-order valence-electron chi connectivity index (χ1n) is 13.2. The van der Waals surface area contributed by atoms with Crippen LogP contribution in [0, 0.1) is 12.8 Å². The van der Waals surface area contributed by atoms with E-state index in [1.54, 1.807) is 6.07 Å². The lowest BCUT2D eigenvalue weighted by atomic mass is 9.52. The Balaban J connectivity index is 1.26. The maximum absolute atomic E-state index is 13.2. The highest BCUT2D eigenvalue weighted by atomic mass is 19.4. The summed E-state index contributed by atoms with van der Waals surface area (Å²) in [7, 11) is 0. The average molecular weight is 505 g/mol. The maximum Gasteiger partial charge on any atom is 0.435 e. The Morgan fingerprint density at radius 3 is 2.56 bits per heavy atom. The van der Waals surface area contributed by atoms with Gasteiger partial charge in [0.05, 0.1) is 12.1 Å². The monoisotopic (exact) mass is 504 g/mol. The molecule has 2 aromatic rings. The molecule has 2 bridgehead atoms. The van der Waals surface area contributed by atoms with Crippen LogP contribution < -0.4 is 0 Å². The fraction of sp³-hybridized carbons (Fsp3) is 0.667. The smallest absolute Gasteiger partial charge is 0.435 e. The zero-order valence-electron chi connectivity index (χ0n) is 20.8. The Bertz CT molecular complexity index is 1150. The highest BCUT2D eigenvalue weighted by molar-refractivity contribution is 5.48. The van der Waals surface area contributed by atoms with Gasteiger partial charge in [-0.05, 0) is 93.3 Å². The topological polar surface area (TPSA) is 64.8 Å². The van der Waals surface area contributed by atoms with Gasteiger partial charge in [-0.25, -0.2) is 0 Å². The van der Waals surface area contributed by atoms with Crippen molar-refractivity contribution in [3.05, 3.63) is 46.8 Å².